The van der Waals surface area contributed by atoms with Gasteiger partial charge in [0.2, 0.25) is 0 Å². The molecule has 0 saturated carbocycles. The Bertz CT molecular complexity index is 994. The van der Waals surface area contributed by atoms with Crippen LogP contribution in [0.25, 0.3) is 27.5 Å². The van der Waals surface area contributed by atoms with E-state index in [1.807, 2.05) is 0 Å². The van der Waals surface area contributed by atoms with Gasteiger partial charge in [0, 0.05) is 10.9 Å². The van der Waals surface area contributed by atoms with Crippen molar-refractivity contribution < 1.29 is 4.74 Å². The minimum atomic E-state index is 0.132. The topological polar surface area (TPSA) is 9.23 Å². The van der Waals surface area contributed by atoms with E-state index in [1.54, 1.807) is 0 Å². The number of rotatable bonds is 0. The summed E-state index contributed by atoms with van der Waals surface area (Å²) in [6.07, 6.45) is 3.37. The van der Waals surface area contributed by atoms with Crippen LogP contribution in [0.5, 0.6) is 5.75 Å². The molecule has 0 spiro atoms. The number of hydrogen-bond donors (Lipinski definition) is 0. The summed E-state index contributed by atoms with van der Waals surface area (Å²) < 4.78 is 6.26. The molecule has 2 aliphatic rings. The van der Waals surface area contributed by atoms with Crippen molar-refractivity contribution in [2.45, 2.75) is 26.4 Å². The highest BCUT2D eigenvalue weighted by Gasteiger charge is 2.30. The molecule has 0 aromatic heterocycles. The Morgan fingerprint density at radius 3 is 2.52 bits per heavy atom. The summed E-state index contributed by atoms with van der Waals surface area (Å²) in [6, 6.07) is 17.5. The zero-order valence-electron chi connectivity index (χ0n) is 13.4. The monoisotopic (exact) mass is 298 g/mol. The SMILES string of the molecule is CC1=CC(C)Oc2c1c1c(c3ccccc23)-c2ccccc2C1. The van der Waals surface area contributed by atoms with Crippen LogP contribution in [-0.2, 0) is 6.42 Å². The Balaban J connectivity index is 1.98. The van der Waals surface area contributed by atoms with Crippen LogP contribution in [0, 0.1) is 0 Å². The fourth-order valence-corrected chi connectivity index (χ4v) is 4.25. The molecule has 112 valence electrons. The lowest BCUT2D eigenvalue weighted by Gasteiger charge is -2.26. The minimum Gasteiger partial charge on any atom is -0.485 e. The smallest absolute Gasteiger partial charge is 0.135 e. The van der Waals surface area contributed by atoms with Crippen LogP contribution >= 0.6 is 0 Å². The molecule has 1 aliphatic heterocycles. The molecule has 1 atom stereocenters. The number of allylic oxidation sites excluding steroid dienone is 1. The lowest BCUT2D eigenvalue weighted by atomic mass is 9.88. The van der Waals surface area contributed by atoms with Crippen molar-refractivity contribution >= 4 is 16.3 Å². The molecule has 0 saturated heterocycles. The van der Waals surface area contributed by atoms with Gasteiger partial charge in [0.15, 0.2) is 0 Å². The van der Waals surface area contributed by atoms with Gasteiger partial charge in [0.1, 0.15) is 11.9 Å². The van der Waals surface area contributed by atoms with Gasteiger partial charge in [-0.25, -0.2) is 0 Å². The first-order valence-corrected chi connectivity index (χ1v) is 8.25. The maximum Gasteiger partial charge on any atom is 0.135 e. The van der Waals surface area contributed by atoms with E-state index in [1.165, 1.54) is 44.2 Å². The first-order chi connectivity index (χ1) is 11.2. The summed E-state index contributed by atoms with van der Waals surface area (Å²) >= 11 is 0. The predicted octanol–water partition coefficient (Wildman–Crippen LogP) is 5.60. The zero-order valence-corrected chi connectivity index (χ0v) is 13.4. The molecule has 1 unspecified atom stereocenters. The molecule has 1 heterocycles. The molecule has 3 aromatic rings. The second kappa shape index (κ2) is 4.48. The normalized spacial score (nSPS) is 18.0. The van der Waals surface area contributed by atoms with Gasteiger partial charge in [-0.15, -0.1) is 0 Å². The van der Waals surface area contributed by atoms with Gasteiger partial charge in [0.25, 0.3) is 0 Å². The quantitative estimate of drug-likeness (QED) is 0.411. The Morgan fingerprint density at radius 1 is 0.913 bits per heavy atom. The molecule has 1 aliphatic carbocycles. The fraction of sp³-hybridized carbons (Fsp3) is 0.182. The van der Waals surface area contributed by atoms with E-state index >= 15 is 0 Å². The number of benzene rings is 3. The van der Waals surface area contributed by atoms with Crippen LogP contribution < -0.4 is 4.74 Å². The van der Waals surface area contributed by atoms with Gasteiger partial charge in [0.05, 0.1) is 0 Å². The van der Waals surface area contributed by atoms with Crippen LogP contribution in [-0.4, -0.2) is 6.10 Å². The molecule has 0 fully saturated rings. The zero-order chi connectivity index (χ0) is 15.6. The summed E-state index contributed by atoms with van der Waals surface area (Å²) in [7, 11) is 0. The highest BCUT2D eigenvalue weighted by molar-refractivity contribution is 6.08. The van der Waals surface area contributed by atoms with Crippen molar-refractivity contribution in [1.29, 1.82) is 0 Å². The van der Waals surface area contributed by atoms with Crippen molar-refractivity contribution in [1.82, 2.24) is 0 Å². The Labute approximate surface area is 136 Å². The van der Waals surface area contributed by atoms with Crippen LogP contribution in [0.4, 0.5) is 0 Å². The van der Waals surface area contributed by atoms with Crippen molar-refractivity contribution in [2.75, 3.05) is 0 Å². The lowest BCUT2D eigenvalue weighted by Crippen LogP contribution is -2.15. The second-order valence-corrected chi connectivity index (χ2v) is 6.61. The van der Waals surface area contributed by atoms with Gasteiger partial charge < -0.3 is 4.74 Å². The molecule has 0 radical (unpaired) electrons. The molecule has 3 aromatic carbocycles. The largest absolute Gasteiger partial charge is 0.485 e. The van der Waals surface area contributed by atoms with Crippen LogP contribution in [0.2, 0.25) is 0 Å². The van der Waals surface area contributed by atoms with Crippen molar-refractivity contribution in [3.63, 3.8) is 0 Å². The van der Waals surface area contributed by atoms with E-state index in [2.05, 4.69) is 68.5 Å². The summed E-state index contributed by atoms with van der Waals surface area (Å²) in [5, 5.41) is 2.55. The summed E-state index contributed by atoms with van der Waals surface area (Å²) in [4.78, 5) is 0. The van der Waals surface area contributed by atoms with Crippen molar-refractivity contribution in [2.24, 2.45) is 0 Å². The van der Waals surface area contributed by atoms with Crippen LogP contribution in [0.15, 0.2) is 54.6 Å². The molecule has 1 heteroatoms. The molecule has 23 heavy (non-hydrogen) atoms. The highest BCUT2D eigenvalue weighted by atomic mass is 16.5. The maximum atomic E-state index is 6.26. The van der Waals surface area contributed by atoms with E-state index in [0.29, 0.717) is 0 Å². The molecule has 0 bridgehead atoms. The third kappa shape index (κ3) is 1.68. The Kier molecular flexibility index (Phi) is 2.52. The lowest BCUT2D eigenvalue weighted by molar-refractivity contribution is 0.268. The van der Waals surface area contributed by atoms with Crippen molar-refractivity contribution in [3.8, 4) is 16.9 Å². The highest BCUT2D eigenvalue weighted by Crippen LogP contribution is 2.50. The van der Waals surface area contributed by atoms with E-state index in [-0.39, 0.29) is 6.10 Å². The molecular weight excluding hydrogens is 280 g/mol. The minimum absolute atomic E-state index is 0.132. The summed E-state index contributed by atoms with van der Waals surface area (Å²) in [5.41, 5.74) is 8.29. The average molecular weight is 298 g/mol. The number of hydrogen-bond acceptors (Lipinski definition) is 1. The third-order valence-electron chi connectivity index (χ3n) is 5.11. The predicted molar refractivity (Wildman–Crippen MR) is 95.9 cm³/mol. The summed E-state index contributed by atoms with van der Waals surface area (Å²) in [6.45, 7) is 4.33. The van der Waals surface area contributed by atoms with Gasteiger partial charge >= 0.3 is 0 Å². The second-order valence-electron chi connectivity index (χ2n) is 6.61. The number of ether oxygens (including phenoxy) is 1. The molecular formula is C22H18O. The molecule has 1 nitrogen and oxygen atoms in total. The summed E-state index contributed by atoms with van der Waals surface area (Å²) in [5.74, 6) is 1.07. The Morgan fingerprint density at radius 2 is 1.65 bits per heavy atom. The molecule has 0 amide bonds. The molecule has 0 N–H and O–H groups in total. The van der Waals surface area contributed by atoms with Crippen molar-refractivity contribution in [3.05, 3.63) is 71.3 Å². The standard InChI is InChI=1S/C22H18O/c1-13-11-14(2)23-22-18-10-6-5-9-17(18)21-16-8-4-3-7-15(16)12-19(21)20(13)22/h3-11,14H,12H2,1-2H3. The van der Waals surface area contributed by atoms with Gasteiger partial charge in [-0.2, -0.15) is 0 Å². The van der Waals surface area contributed by atoms with E-state index < -0.39 is 0 Å². The van der Waals surface area contributed by atoms with E-state index in [4.69, 9.17) is 4.74 Å². The third-order valence-corrected chi connectivity index (χ3v) is 5.11. The molecule has 5 rings (SSSR count). The number of fused-ring (bicyclic) bond motifs is 8. The fourth-order valence-electron chi connectivity index (χ4n) is 4.25. The first-order valence-electron chi connectivity index (χ1n) is 8.25. The van der Waals surface area contributed by atoms with Crippen LogP contribution in [0.1, 0.15) is 30.5 Å². The maximum absolute atomic E-state index is 6.26. The van der Waals surface area contributed by atoms with Gasteiger partial charge in [-0.3, -0.25) is 0 Å². The van der Waals surface area contributed by atoms with Crippen LogP contribution in [0.3, 0.4) is 0 Å². The van der Waals surface area contributed by atoms with E-state index in [9.17, 15) is 0 Å². The average Bonchev–Trinajstić information content (AvgIpc) is 2.93. The van der Waals surface area contributed by atoms with Gasteiger partial charge in [-0.1, -0.05) is 48.5 Å². The Hall–Kier alpha value is -2.54. The van der Waals surface area contributed by atoms with E-state index in [0.717, 1.165) is 12.2 Å². The van der Waals surface area contributed by atoms with Gasteiger partial charge in [-0.05, 0) is 59.6 Å². The first kappa shape index (κ1) is 13.0.